The first-order chi connectivity index (χ1) is 9.97. The average Bonchev–Trinajstić information content (AvgIpc) is 2.45. The second-order valence-electron chi connectivity index (χ2n) is 5.16. The quantitative estimate of drug-likeness (QED) is 0.391. The Morgan fingerprint density at radius 1 is 1.29 bits per heavy atom. The number of rotatable bonds is 7. The molecule has 0 fully saturated rings. The molecular weight excluding hydrogens is 268 g/mol. The van der Waals surface area contributed by atoms with E-state index in [1.807, 2.05) is 37.8 Å². The van der Waals surface area contributed by atoms with Crippen molar-refractivity contribution in [3.05, 3.63) is 35.4 Å². The van der Waals surface area contributed by atoms with Gasteiger partial charge in [0.15, 0.2) is 0 Å². The van der Waals surface area contributed by atoms with Crippen LogP contribution in [0.5, 0.6) is 0 Å². The van der Waals surface area contributed by atoms with Crippen LogP contribution in [-0.2, 0) is 11.3 Å². The van der Waals surface area contributed by atoms with Crippen LogP contribution in [0.1, 0.15) is 36.7 Å². The zero-order valence-electron chi connectivity index (χ0n) is 12.8. The van der Waals surface area contributed by atoms with E-state index in [9.17, 15) is 9.59 Å². The van der Waals surface area contributed by atoms with Gasteiger partial charge in [-0.25, -0.2) is 5.84 Å². The largest absolute Gasteiger partial charge is 0.353 e. The Balaban J connectivity index is 2.78. The number of nitrogens with one attached hydrogen (secondary N) is 2. The molecule has 0 aliphatic rings. The fourth-order valence-corrected chi connectivity index (χ4v) is 2.05. The van der Waals surface area contributed by atoms with E-state index in [2.05, 4.69) is 10.7 Å². The summed E-state index contributed by atoms with van der Waals surface area (Å²) in [4.78, 5) is 25.5. The third-order valence-electron chi connectivity index (χ3n) is 3.05. The first-order valence-corrected chi connectivity index (χ1v) is 7.08. The summed E-state index contributed by atoms with van der Waals surface area (Å²) in [5.41, 5.74) is 3.52. The Labute approximate surface area is 125 Å². The number of hydrogen-bond acceptors (Lipinski definition) is 4. The summed E-state index contributed by atoms with van der Waals surface area (Å²) in [5.74, 6) is 4.85. The van der Waals surface area contributed by atoms with Crippen LogP contribution in [0.15, 0.2) is 24.3 Å². The van der Waals surface area contributed by atoms with Gasteiger partial charge >= 0.3 is 0 Å². The maximum absolute atomic E-state index is 11.8. The lowest BCUT2D eigenvalue weighted by atomic mass is 10.1. The molecule has 1 aromatic rings. The Morgan fingerprint density at radius 3 is 2.52 bits per heavy atom. The second-order valence-corrected chi connectivity index (χ2v) is 5.16. The van der Waals surface area contributed by atoms with Gasteiger partial charge in [0.25, 0.3) is 5.91 Å². The second kappa shape index (κ2) is 8.39. The molecule has 0 spiro atoms. The Morgan fingerprint density at radius 2 is 1.95 bits per heavy atom. The highest BCUT2D eigenvalue weighted by atomic mass is 16.2. The number of nitrogen functional groups attached to an aromatic ring is 1. The fourth-order valence-electron chi connectivity index (χ4n) is 2.05. The van der Waals surface area contributed by atoms with E-state index in [4.69, 9.17) is 5.84 Å². The first-order valence-electron chi connectivity index (χ1n) is 7.08. The Hall–Kier alpha value is -1.92. The summed E-state index contributed by atoms with van der Waals surface area (Å²) < 4.78 is 0. The first kappa shape index (κ1) is 17.1. The highest BCUT2D eigenvalue weighted by Gasteiger charge is 2.14. The van der Waals surface area contributed by atoms with E-state index in [1.165, 1.54) is 0 Å². The van der Waals surface area contributed by atoms with Crippen LogP contribution in [0, 0.1) is 0 Å². The van der Waals surface area contributed by atoms with Gasteiger partial charge in [-0.05, 0) is 32.0 Å². The summed E-state index contributed by atoms with van der Waals surface area (Å²) in [6, 6.07) is 7.36. The van der Waals surface area contributed by atoms with E-state index < -0.39 is 0 Å². The van der Waals surface area contributed by atoms with E-state index in [-0.39, 0.29) is 17.9 Å². The molecule has 1 rings (SSSR count). The lowest BCUT2D eigenvalue weighted by Gasteiger charge is -2.22. The summed E-state index contributed by atoms with van der Waals surface area (Å²) in [6.07, 6.45) is 0. The van der Waals surface area contributed by atoms with Crippen LogP contribution < -0.4 is 16.6 Å². The van der Waals surface area contributed by atoms with Crippen molar-refractivity contribution in [2.45, 2.75) is 33.4 Å². The molecule has 0 aliphatic heterocycles. The van der Waals surface area contributed by atoms with Crippen LogP contribution >= 0.6 is 0 Å². The molecule has 21 heavy (non-hydrogen) atoms. The molecule has 0 saturated carbocycles. The zero-order valence-corrected chi connectivity index (χ0v) is 12.8. The number of nitrogens with zero attached hydrogens (tertiary/aromatic N) is 1. The molecule has 4 N–H and O–H groups in total. The molecule has 0 saturated heterocycles. The molecule has 0 heterocycles. The highest BCUT2D eigenvalue weighted by Crippen LogP contribution is 2.11. The van der Waals surface area contributed by atoms with Crippen molar-refractivity contribution < 1.29 is 9.59 Å². The summed E-state index contributed by atoms with van der Waals surface area (Å²) >= 11 is 0. The van der Waals surface area contributed by atoms with Gasteiger partial charge in [-0.15, -0.1) is 0 Å². The molecule has 0 unspecified atom stereocenters. The molecule has 0 atom stereocenters. The van der Waals surface area contributed by atoms with Crippen LogP contribution in [0.25, 0.3) is 0 Å². The Bertz CT molecular complexity index is 488. The minimum Gasteiger partial charge on any atom is -0.353 e. The number of likely N-dealkylation sites (N-methyl/N-ethyl adjacent to an activating group) is 1. The number of hydrogen-bond donors (Lipinski definition) is 3. The molecule has 0 aliphatic carbocycles. The molecular formula is C15H24N4O2. The predicted octanol–water partition coefficient (Wildman–Crippen LogP) is 0.637. The van der Waals surface area contributed by atoms with Crippen molar-refractivity contribution >= 4 is 11.8 Å². The van der Waals surface area contributed by atoms with Gasteiger partial charge in [-0.1, -0.05) is 25.1 Å². The van der Waals surface area contributed by atoms with Crippen molar-refractivity contribution in [3.8, 4) is 0 Å². The monoisotopic (exact) mass is 292 g/mol. The minimum absolute atomic E-state index is 0.0207. The number of nitrogens with two attached hydrogens (primary N) is 1. The summed E-state index contributed by atoms with van der Waals surface area (Å²) in [5, 5.41) is 2.86. The van der Waals surface area contributed by atoms with Crippen molar-refractivity contribution in [1.82, 2.24) is 15.6 Å². The number of carbonyl (C=O) groups excluding carboxylic acids is 2. The summed E-state index contributed by atoms with van der Waals surface area (Å²) in [6.45, 7) is 7.36. The smallest absolute Gasteiger partial charge is 0.265 e. The van der Waals surface area contributed by atoms with Crippen molar-refractivity contribution in [2.24, 2.45) is 5.84 Å². The van der Waals surface area contributed by atoms with Gasteiger partial charge in [0, 0.05) is 18.2 Å². The standard InChI is InChI=1S/C15H24N4O2/c1-4-19(10-14(20)17-11(2)3)9-12-7-5-6-8-13(12)15(21)18-16/h5-8,11H,4,9-10,16H2,1-3H3,(H,17,20)(H,18,21). The third kappa shape index (κ3) is 5.53. The molecule has 116 valence electrons. The van der Waals surface area contributed by atoms with E-state index in [0.29, 0.717) is 25.2 Å². The molecule has 6 nitrogen and oxygen atoms in total. The topological polar surface area (TPSA) is 87.5 Å². The minimum atomic E-state index is -0.326. The molecule has 0 bridgehead atoms. The van der Waals surface area contributed by atoms with Crippen LogP contribution in [-0.4, -0.2) is 35.8 Å². The lowest BCUT2D eigenvalue weighted by molar-refractivity contribution is -0.122. The van der Waals surface area contributed by atoms with Crippen LogP contribution in [0.2, 0.25) is 0 Å². The molecule has 0 aromatic heterocycles. The molecule has 0 radical (unpaired) electrons. The predicted molar refractivity (Wildman–Crippen MR) is 82.3 cm³/mol. The summed E-state index contributed by atoms with van der Waals surface area (Å²) in [7, 11) is 0. The van der Waals surface area contributed by atoms with Crippen LogP contribution in [0.3, 0.4) is 0 Å². The number of benzene rings is 1. The number of amides is 2. The van der Waals surface area contributed by atoms with E-state index >= 15 is 0 Å². The van der Waals surface area contributed by atoms with E-state index in [0.717, 1.165) is 5.56 Å². The third-order valence-corrected chi connectivity index (χ3v) is 3.05. The average molecular weight is 292 g/mol. The lowest BCUT2D eigenvalue weighted by Crippen LogP contribution is -2.40. The van der Waals surface area contributed by atoms with Gasteiger partial charge in [0.2, 0.25) is 5.91 Å². The maximum atomic E-state index is 11.8. The Kier molecular flexibility index (Phi) is 6.84. The van der Waals surface area contributed by atoms with Gasteiger partial charge in [0.05, 0.1) is 6.54 Å². The number of carbonyl (C=O) groups is 2. The van der Waals surface area contributed by atoms with Crippen molar-refractivity contribution in [2.75, 3.05) is 13.1 Å². The van der Waals surface area contributed by atoms with Gasteiger partial charge in [0.1, 0.15) is 0 Å². The van der Waals surface area contributed by atoms with Crippen LogP contribution in [0.4, 0.5) is 0 Å². The van der Waals surface area contributed by atoms with Crippen molar-refractivity contribution in [3.63, 3.8) is 0 Å². The maximum Gasteiger partial charge on any atom is 0.265 e. The zero-order chi connectivity index (χ0) is 15.8. The van der Waals surface area contributed by atoms with E-state index in [1.54, 1.807) is 12.1 Å². The van der Waals surface area contributed by atoms with Gasteiger partial charge in [-0.2, -0.15) is 0 Å². The fraction of sp³-hybridized carbons (Fsp3) is 0.467. The molecule has 2 amide bonds. The molecule has 1 aromatic carbocycles. The highest BCUT2D eigenvalue weighted by molar-refractivity contribution is 5.95. The normalized spacial score (nSPS) is 10.8. The number of hydrazine groups is 1. The van der Waals surface area contributed by atoms with Gasteiger partial charge in [-0.3, -0.25) is 19.9 Å². The SMILES string of the molecule is CCN(CC(=O)NC(C)C)Cc1ccccc1C(=O)NN. The van der Waals surface area contributed by atoms with Crippen molar-refractivity contribution in [1.29, 1.82) is 0 Å². The molecule has 6 heteroatoms. The van der Waals surface area contributed by atoms with Gasteiger partial charge < -0.3 is 5.32 Å².